The van der Waals surface area contributed by atoms with E-state index in [9.17, 15) is 8.42 Å². The van der Waals surface area contributed by atoms with Crippen molar-refractivity contribution in [2.24, 2.45) is 0 Å². The third-order valence-corrected chi connectivity index (χ3v) is 6.10. The van der Waals surface area contributed by atoms with E-state index >= 15 is 0 Å². The number of hydrogen-bond donors (Lipinski definition) is 2. The van der Waals surface area contributed by atoms with Crippen LogP contribution in [0.1, 0.15) is 24.6 Å². The minimum absolute atomic E-state index is 0.229. The van der Waals surface area contributed by atoms with E-state index in [2.05, 4.69) is 21.9 Å². The monoisotopic (exact) mass is 331 g/mol. The standard InChI is InChI=1S/C12H17N3O2S3/c1-2-3-13-5-10-4-12(19-7-10)20(16,17)15-6-11-8-18-9-14-11/h4,7-9,13,15H,2-3,5-6H2,1H3. The van der Waals surface area contributed by atoms with Gasteiger partial charge in [-0.25, -0.2) is 18.1 Å². The first-order valence-electron chi connectivity index (χ1n) is 6.26. The van der Waals surface area contributed by atoms with Gasteiger partial charge in [0.1, 0.15) is 4.21 Å². The van der Waals surface area contributed by atoms with Gasteiger partial charge in [0.2, 0.25) is 10.0 Å². The van der Waals surface area contributed by atoms with Crippen LogP contribution in [-0.4, -0.2) is 19.9 Å². The molecule has 0 unspecified atom stereocenters. The van der Waals surface area contributed by atoms with Crippen molar-refractivity contribution < 1.29 is 8.42 Å². The van der Waals surface area contributed by atoms with Crippen LogP contribution in [0.15, 0.2) is 26.5 Å². The maximum absolute atomic E-state index is 12.1. The summed E-state index contributed by atoms with van der Waals surface area (Å²) in [5.74, 6) is 0. The van der Waals surface area contributed by atoms with Crippen LogP contribution >= 0.6 is 22.7 Å². The quantitative estimate of drug-likeness (QED) is 0.727. The molecule has 2 rings (SSSR count). The van der Waals surface area contributed by atoms with E-state index in [1.165, 1.54) is 22.7 Å². The van der Waals surface area contributed by atoms with Crippen molar-refractivity contribution in [2.75, 3.05) is 6.54 Å². The first kappa shape index (κ1) is 15.6. The summed E-state index contributed by atoms with van der Waals surface area (Å²) in [4.78, 5) is 4.05. The van der Waals surface area contributed by atoms with Gasteiger partial charge in [0.05, 0.1) is 17.7 Å². The van der Waals surface area contributed by atoms with Gasteiger partial charge in [0, 0.05) is 11.9 Å². The largest absolute Gasteiger partial charge is 0.313 e. The molecule has 0 atom stereocenters. The molecule has 0 saturated carbocycles. The lowest BCUT2D eigenvalue weighted by Crippen LogP contribution is -2.22. The van der Waals surface area contributed by atoms with Crippen LogP contribution in [-0.2, 0) is 23.1 Å². The van der Waals surface area contributed by atoms with Gasteiger partial charge in [-0.1, -0.05) is 6.92 Å². The van der Waals surface area contributed by atoms with Gasteiger partial charge in [-0.15, -0.1) is 22.7 Å². The average Bonchev–Trinajstić information content (AvgIpc) is 3.08. The predicted octanol–water partition coefficient (Wildman–Crippen LogP) is 2.18. The molecule has 0 aliphatic rings. The number of nitrogens with one attached hydrogen (secondary N) is 2. The van der Waals surface area contributed by atoms with E-state index in [4.69, 9.17) is 0 Å². The number of hydrogen-bond acceptors (Lipinski definition) is 6. The maximum Gasteiger partial charge on any atom is 0.250 e. The van der Waals surface area contributed by atoms with Gasteiger partial charge < -0.3 is 5.32 Å². The molecule has 0 aliphatic carbocycles. The fraction of sp³-hybridized carbons (Fsp3) is 0.417. The Morgan fingerprint density at radius 2 is 2.15 bits per heavy atom. The Balaban J connectivity index is 1.95. The SMILES string of the molecule is CCCNCc1csc(S(=O)(=O)NCc2cscn2)c1. The Hall–Kier alpha value is -0.800. The lowest BCUT2D eigenvalue weighted by Gasteiger charge is -2.02. The van der Waals surface area contributed by atoms with Gasteiger partial charge in [0.15, 0.2) is 0 Å². The van der Waals surface area contributed by atoms with Crippen LogP contribution in [0.25, 0.3) is 0 Å². The molecule has 0 fully saturated rings. The highest BCUT2D eigenvalue weighted by Gasteiger charge is 2.16. The smallest absolute Gasteiger partial charge is 0.250 e. The number of thiazole rings is 1. The fourth-order valence-corrected chi connectivity index (χ4v) is 4.37. The van der Waals surface area contributed by atoms with Crippen molar-refractivity contribution in [1.82, 2.24) is 15.0 Å². The van der Waals surface area contributed by atoms with Crippen molar-refractivity contribution in [1.29, 1.82) is 0 Å². The minimum atomic E-state index is -3.44. The highest BCUT2D eigenvalue weighted by Crippen LogP contribution is 2.20. The molecule has 0 saturated heterocycles. The normalized spacial score (nSPS) is 11.8. The third kappa shape index (κ3) is 4.35. The van der Waals surface area contributed by atoms with Crippen LogP contribution in [0, 0.1) is 0 Å². The Morgan fingerprint density at radius 1 is 1.30 bits per heavy atom. The minimum Gasteiger partial charge on any atom is -0.313 e. The van der Waals surface area contributed by atoms with Crippen molar-refractivity contribution >= 4 is 32.7 Å². The summed E-state index contributed by atoms with van der Waals surface area (Å²) in [6.45, 7) is 3.96. The zero-order valence-electron chi connectivity index (χ0n) is 11.1. The first-order valence-corrected chi connectivity index (χ1v) is 9.57. The molecule has 0 radical (unpaired) electrons. The summed E-state index contributed by atoms with van der Waals surface area (Å²) in [6.07, 6.45) is 1.06. The van der Waals surface area contributed by atoms with E-state index < -0.39 is 10.0 Å². The van der Waals surface area contributed by atoms with Crippen LogP contribution in [0.4, 0.5) is 0 Å². The van der Waals surface area contributed by atoms with Gasteiger partial charge >= 0.3 is 0 Å². The Bertz CT molecular complexity index is 620. The molecule has 2 N–H and O–H groups in total. The molecule has 20 heavy (non-hydrogen) atoms. The first-order chi connectivity index (χ1) is 9.62. The number of aromatic nitrogens is 1. The number of thiophene rings is 1. The maximum atomic E-state index is 12.1. The average molecular weight is 331 g/mol. The van der Waals surface area contributed by atoms with Crippen LogP contribution < -0.4 is 10.0 Å². The van der Waals surface area contributed by atoms with E-state index in [0.717, 1.165) is 24.2 Å². The second kappa shape index (κ2) is 7.28. The zero-order chi connectivity index (χ0) is 14.4. The number of rotatable bonds is 8. The van der Waals surface area contributed by atoms with E-state index in [0.29, 0.717) is 10.8 Å². The molecule has 110 valence electrons. The van der Waals surface area contributed by atoms with Gasteiger partial charge in [-0.3, -0.25) is 0 Å². The van der Waals surface area contributed by atoms with Crippen LogP contribution in [0.2, 0.25) is 0 Å². The van der Waals surface area contributed by atoms with Crippen LogP contribution in [0.5, 0.6) is 0 Å². The molecule has 2 heterocycles. The second-order valence-corrected chi connectivity index (χ2v) is 7.88. The van der Waals surface area contributed by atoms with Crippen molar-refractivity contribution in [3.05, 3.63) is 33.6 Å². The lowest BCUT2D eigenvalue weighted by atomic mass is 10.3. The molecular formula is C12H17N3O2S3. The Kier molecular flexibility index (Phi) is 5.67. The molecular weight excluding hydrogens is 314 g/mol. The summed E-state index contributed by atoms with van der Waals surface area (Å²) in [6, 6.07) is 1.72. The molecule has 5 nitrogen and oxygen atoms in total. The van der Waals surface area contributed by atoms with E-state index in [1.54, 1.807) is 11.6 Å². The number of nitrogens with zero attached hydrogens (tertiary/aromatic N) is 1. The molecule has 0 spiro atoms. The van der Waals surface area contributed by atoms with Crippen molar-refractivity contribution in [3.63, 3.8) is 0 Å². The third-order valence-electron chi connectivity index (χ3n) is 2.58. The Morgan fingerprint density at radius 3 is 2.85 bits per heavy atom. The van der Waals surface area contributed by atoms with Gasteiger partial charge in [0.25, 0.3) is 0 Å². The fourth-order valence-electron chi connectivity index (χ4n) is 1.56. The van der Waals surface area contributed by atoms with Crippen molar-refractivity contribution in [2.45, 2.75) is 30.6 Å². The molecule has 2 aromatic heterocycles. The summed E-state index contributed by atoms with van der Waals surface area (Å²) in [5.41, 5.74) is 3.42. The second-order valence-electron chi connectivity index (χ2n) is 4.26. The Labute approximate surface area is 127 Å². The molecule has 2 aromatic rings. The molecule has 0 bridgehead atoms. The lowest BCUT2D eigenvalue weighted by molar-refractivity contribution is 0.582. The molecule has 8 heteroatoms. The van der Waals surface area contributed by atoms with E-state index in [1.807, 2.05) is 10.8 Å². The molecule has 0 aromatic carbocycles. The predicted molar refractivity (Wildman–Crippen MR) is 82.5 cm³/mol. The highest BCUT2D eigenvalue weighted by atomic mass is 32.2. The van der Waals surface area contributed by atoms with Gasteiger partial charge in [-0.2, -0.15) is 0 Å². The summed E-state index contributed by atoms with van der Waals surface area (Å²) >= 11 is 2.69. The number of sulfonamides is 1. The molecule has 0 amide bonds. The summed E-state index contributed by atoms with van der Waals surface area (Å²) in [5, 5.41) is 6.96. The zero-order valence-corrected chi connectivity index (χ0v) is 13.6. The summed E-state index contributed by atoms with van der Waals surface area (Å²) < 4.78 is 27.2. The highest BCUT2D eigenvalue weighted by molar-refractivity contribution is 7.91. The summed E-state index contributed by atoms with van der Waals surface area (Å²) in [7, 11) is -3.44. The van der Waals surface area contributed by atoms with Gasteiger partial charge in [-0.05, 0) is 30.0 Å². The van der Waals surface area contributed by atoms with Crippen LogP contribution in [0.3, 0.4) is 0 Å². The molecule has 0 aliphatic heterocycles. The van der Waals surface area contributed by atoms with Crippen molar-refractivity contribution in [3.8, 4) is 0 Å². The topological polar surface area (TPSA) is 71.1 Å². The van der Waals surface area contributed by atoms with E-state index in [-0.39, 0.29) is 6.54 Å².